The lowest BCUT2D eigenvalue weighted by atomic mass is 10.7. The second-order valence-electron chi connectivity index (χ2n) is 1.25. The van der Waals surface area contributed by atoms with Crippen molar-refractivity contribution in [2.24, 2.45) is 5.16 Å². The van der Waals surface area contributed by atoms with E-state index in [4.69, 9.17) is 0 Å². The standard InChI is InChI=1S/C4H6F3NO/c1-2-8-9-3-4(5,6)7/h2H,3H2,1H3. The van der Waals surface area contributed by atoms with Crippen molar-refractivity contribution in [1.29, 1.82) is 0 Å². The maximum Gasteiger partial charge on any atom is 0.425 e. The van der Waals surface area contributed by atoms with Gasteiger partial charge in [0.05, 0.1) is 0 Å². The molecule has 0 rings (SSSR count). The summed E-state index contributed by atoms with van der Waals surface area (Å²) in [6.07, 6.45) is -3.14. The van der Waals surface area contributed by atoms with E-state index >= 15 is 0 Å². The van der Waals surface area contributed by atoms with Gasteiger partial charge in [-0.25, -0.2) is 0 Å². The van der Waals surface area contributed by atoms with Gasteiger partial charge in [0.25, 0.3) is 0 Å². The Morgan fingerprint density at radius 1 is 1.56 bits per heavy atom. The predicted octanol–water partition coefficient (Wildman–Crippen LogP) is 1.57. The lowest BCUT2D eigenvalue weighted by Gasteiger charge is -2.01. The Morgan fingerprint density at radius 3 is 2.44 bits per heavy atom. The molecule has 0 atom stereocenters. The Kier molecular flexibility index (Phi) is 3.05. The molecule has 0 aliphatic carbocycles. The van der Waals surface area contributed by atoms with Gasteiger partial charge in [-0.2, -0.15) is 13.2 Å². The van der Waals surface area contributed by atoms with E-state index in [0.717, 1.165) is 6.21 Å². The fraction of sp³-hybridized carbons (Fsp3) is 0.750. The molecular weight excluding hydrogens is 135 g/mol. The molecule has 0 aromatic carbocycles. The fourth-order valence-electron chi connectivity index (χ4n) is 0.185. The normalized spacial score (nSPS) is 12.4. The molecule has 0 amide bonds. The van der Waals surface area contributed by atoms with Crippen LogP contribution in [0.25, 0.3) is 0 Å². The molecule has 0 saturated carbocycles. The van der Waals surface area contributed by atoms with Crippen molar-refractivity contribution in [2.75, 3.05) is 6.61 Å². The summed E-state index contributed by atoms with van der Waals surface area (Å²) in [4.78, 5) is 3.79. The zero-order valence-electron chi connectivity index (χ0n) is 4.77. The Labute approximate surface area is 50.3 Å². The largest absolute Gasteiger partial charge is 0.425 e. The van der Waals surface area contributed by atoms with Crippen LogP contribution >= 0.6 is 0 Å². The highest BCUT2D eigenvalue weighted by Gasteiger charge is 2.28. The van der Waals surface area contributed by atoms with Gasteiger partial charge in [0.15, 0.2) is 0 Å². The molecule has 0 fully saturated rings. The molecule has 0 spiro atoms. The summed E-state index contributed by atoms with van der Waals surface area (Å²) in [5.74, 6) is 0. The molecule has 0 aliphatic heterocycles. The van der Waals surface area contributed by atoms with Crippen molar-refractivity contribution >= 4 is 6.21 Å². The smallest absolute Gasteiger partial charge is 0.386 e. The minimum atomic E-state index is -4.29. The number of oxime groups is 1. The van der Waals surface area contributed by atoms with Crippen LogP contribution in [-0.4, -0.2) is 19.0 Å². The van der Waals surface area contributed by atoms with Crippen LogP contribution in [0.1, 0.15) is 6.92 Å². The molecule has 0 bridgehead atoms. The molecule has 0 aromatic rings. The van der Waals surface area contributed by atoms with Crippen molar-refractivity contribution < 1.29 is 18.0 Å². The molecule has 54 valence electrons. The zero-order valence-corrected chi connectivity index (χ0v) is 4.77. The molecular formula is C4H6F3NO. The van der Waals surface area contributed by atoms with E-state index in [-0.39, 0.29) is 0 Å². The third kappa shape index (κ3) is 7.26. The maximum absolute atomic E-state index is 11.2. The topological polar surface area (TPSA) is 21.6 Å². The number of rotatable bonds is 2. The van der Waals surface area contributed by atoms with Gasteiger partial charge in [-0.1, -0.05) is 5.16 Å². The van der Waals surface area contributed by atoms with E-state index in [2.05, 4.69) is 9.99 Å². The second kappa shape index (κ2) is 3.32. The second-order valence-corrected chi connectivity index (χ2v) is 1.25. The van der Waals surface area contributed by atoms with Crippen molar-refractivity contribution in [3.63, 3.8) is 0 Å². The first-order valence-electron chi connectivity index (χ1n) is 2.23. The summed E-state index contributed by atoms with van der Waals surface area (Å²) in [6.45, 7) is 0.147. The summed E-state index contributed by atoms with van der Waals surface area (Å²) in [5, 5.41) is 2.91. The Hall–Kier alpha value is -0.740. The van der Waals surface area contributed by atoms with Gasteiger partial charge < -0.3 is 4.84 Å². The van der Waals surface area contributed by atoms with Crippen LogP contribution in [0.5, 0.6) is 0 Å². The summed E-state index contributed by atoms with van der Waals surface area (Å²) in [5.41, 5.74) is 0. The predicted molar refractivity (Wildman–Crippen MR) is 26.2 cm³/mol. The molecule has 0 N–H and O–H groups in total. The SMILES string of the molecule is CC=NOCC(F)(F)F. The van der Waals surface area contributed by atoms with E-state index in [0.29, 0.717) is 0 Å². The van der Waals surface area contributed by atoms with Gasteiger partial charge in [0, 0.05) is 6.21 Å². The highest BCUT2D eigenvalue weighted by atomic mass is 19.4. The van der Waals surface area contributed by atoms with Crippen LogP contribution in [-0.2, 0) is 4.84 Å². The molecule has 2 nitrogen and oxygen atoms in total. The molecule has 9 heavy (non-hydrogen) atoms. The van der Waals surface area contributed by atoms with Crippen molar-refractivity contribution in [3.8, 4) is 0 Å². The quantitative estimate of drug-likeness (QED) is 0.422. The summed E-state index contributed by atoms with van der Waals surface area (Å²) < 4.78 is 33.5. The number of hydrogen-bond donors (Lipinski definition) is 0. The summed E-state index contributed by atoms with van der Waals surface area (Å²) >= 11 is 0. The number of nitrogens with zero attached hydrogens (tertiary/aromatic N) is 1. The van der Waals surface area contributed by atoms with Crippen LogP contribution in [0.3, 0.4) is 0 Å². The van der Waals surface area contributed by atoms with Crippen molar-refractivity contribution in [2.45, 2.75) is 13.1 Å². The van der Waals surface area contributed by atoms with Crippen molar-refractivity contribution in [3.05, 3.63) is 0 Å². The van der Waals surface area contributed by atoms with E-state index in [1.165, 1.54) is 6.92 Å². The van der Waals surface area contributed by atoms with E-state index in [1.54, 1.807) is 0 Å². The van der Waals surface area contributed by atoms with Gasteiger partial charge in [-0.3, -0.25) is 0 Å². The highest BCUT2D eigenvalue weighted by Crippen LogP contribution is 2.13. The number of alkyl halides is 3. The van der Waals surface area contributed by atoms with Gasteiger partial charge in [0.2, 0.25) is 6.61 Å². The van der Waals surface area contributed by atoms with Gasteiger partial charge in [-0.05, 0) is 6.92 Å². The molecule has 5 heteroatoms. The number of halogens is 3. The molecule has 0 heterocycles. The van der Waals surface area contributed by atoms with Gasteiger partial charge >= 0.3 is 6.18 Å². The van der Waals surface area contributed by atoms with Crippen LogP contribution in [0.4, 0.5) is 13.2 Å². The highest BCUT2D eigenvalue weighted by molar-refractivity contribution is 5.52. The third-order valence-electron chi connectivity index (χ3n) is 0.408. The summed E-state index contributed by atoms with van der Waals surface area (Å²) in [7, 11) is 0. The van der Waals surface area contributed by atoms with Gasteiger partial charge in [0.1, 0.15) is 0 Å². The molecule has 0 aliphatic rings. The average Bonchev–Trinajstić information content (AvgIpc) is 1.63. The van der Waals surface area contributed by atoms with Crippen LogP contribution in [0, 0.1) is 0 Å². The van der Waals surface area contributed by atoms with E-state index < -0.39 is 12.8 Å². The van der Waals surface area contributed by atoms with Gasteiger partial charge in [-0.15, -0.1) is 0 Å². The van der Waals surface area contributed by atoms with Crippen molar-refractivity contribution in [1.82, 2.24) is 0 Å². The minimum Gasteiger partial charge on any atom is -0.386 e. The Bertz CT molecular complexity index is 98.5. The van der Waals surface area contributed by atoms with Crippen LogP contribution in [0.15, 0.2) is 5.16 Å². The first-order valence-corrected chi connectivity index (χ1v) is 2.23. The van der Waals surface area contributed by atoms with Crippen LogP contribution < -0.4 is 0 Å². The molecule has 0 radical (unpaired) electrons. The molecule has 0 saturated heterocycles. The first-order chi connectivity index (χ1) is 4.06. The monoisotopic (exact) mass is 141 g/mol. The lowest BCUT2D eigenvalue weighted by molar-refractivity contribution is -0.173. The number of hydrogen-bond acceptors (Lipinski definition) is 2. The van der Waals surface area contributed by atoms with E-state index in [9.17, 15) is 13.2 Å². The third-order valence-corrected chi connectivity index (χ3v) is 0.408. The summed E-state index contributed by atoms with van der Waals surface area (Å²) in [6, 6.07) is 0. The molecule has 0 aromatic heterocycles. The van der Waals surface area contributed by atoms with Crippen LogP contribution in [0.2, 0.25) is 0 Å². The zero-order chi connectivity index (χ0) is 7.33. The average molecular weight is 141 g/mol. The minimum absolute atomic E-state index is 1.14. The Balaban J connectivity index is 3.28. The first kappa shape index (κ1) is 8.26. The Morgan fingerprint density at radius 2 is 2.11 bits per heavy atom. The maximum atomic E-state index is 11.2. The van der Waals surface area contributed by atoms with E-state index in [1.807, 2.05) is 0 Å². The molecule has 0 unspecified atom stereocenters. The lowest BCUT2D eigenvalue weighted by Crippen LogP contribution is -2.14. The fourth-order valence-corrected chi connectivity index (χ4v) is 0.185.